The SMILES string of the molecule is Cn1nc(CC2(C)CCC(N)C2)c2ccccc21. The summed E-state index contributed by atoms with van der Waals surface area (Å²) in [4.78, 5) is 0. The lowest BCUT2D eigenvalue weighted by molar-refractivity contribution is 0.326. The number of hydrogen-bond acceptors (Lipinski definition) is 2. The standard InChI is InChI=1S/C15H21N3/c1-15(8-7-11(16)9-15)10-13-12-5-3-4-6-14(12)18(2)17-13/h3-6,11H,7-10,16H2,1-2H3. The van der Waals surface area contributed by atoms with Crippen molar-refractivity contribution in [1.82, 2.24) is 9.78 Å². The minimum Gasteiger partial charge on any atom is -0.328 e. The van der Waals surface area contributed by atoms with E-state index in [2.05, 4.69) is 31.2 Å². The maximum absolute atomic E-state index is 6.06. The van der Waals surface area contributed by atoms with Gasteiger partial charge in [-0.2, -0.15) is 5.10 Å². The van der Waals surface area contributed by atoms with Gasteiger partial charge in [0.05, 0.1) is 11.2 Å². The van der Waals surface area contributed by atoms with Crippen molar-refractivity contribution in [2.45, 2.75) is 38.6 Å². The summed E-state index contributed by atoms with van der Waals surface area (Å²) in [6, 6.07) is 8.85. The fourth-order valence-corrected chi connectivity index (χ4v) is 3.36. The Kier molecular flexibility index (Phi) is 2.67. The second kappa shape index (κ2) is 4.09. The fraction of sp³-hybridized carbons (Fsp3) is 0.533. The van der Waals surface area contributed by atoms with E-state index in [0.29, 0.717) is 11.5 Å². The van der Waals surface area contributed by atoms with Gasteiger partial charge in [-0.25, -0.2) is 0 Å². The minimum absolute atomic E-state index is 0.330. The average molecular weight is 243 g/mol. The highest BCUT2D eigenvalue weighted by molar-refractivity contribution is 5.81. The second-order valence-corrected chi connectivity index (χ2v) is 6.08. The van der Waals surface area contributed by atoms with Gasteiger partial charge in [0.1, 0.15) is 0 Å². The maximum atomic E-state index is 6.06. The molecule has 3 nitrogen and oxygen atoms in total. The van der Waals surface area contributed by atoms with Crippen molar-refractivity contribution in [1.29, 1.82) is 0 Å². The molecule has 0 aliphatic heterocycles. The monoisotopic (exact) mass is 243 g/mol. The Hall–Kier alpha value is -1.35. The summed E-state index contributed by atoms with van der Waals surface area (Å²) >= 11 is 0. The van der Waals surface area contributed by atoms with Crippen LogP contribution < -0.4 is 5.73 Å². The predicted molar refractivity (Wildman–Crippen MR) is 74.4 cm³/mol. The fourth-order valence-electron chi connectivity index (χ4n) is 3.36. The number of para-hydroxylation sites is 1. The van der Waals surface area contributed by atoms with Crippen LogP contribution in [0.1, 0.15) is 31.9 Å². The maximum Gasteiger partial charge on any atom is 0.0708 e. The molecule has 2 N–H and O–H groups in total. The Bertz CT molecular complexity index is 572. The Morgan fingerprint density at radius 3 is 2.94 bits per heavy atom. The average Bonchev–Trinajstić information content (AvgIpc) is 2.82. The van der Waals surface area contributed by atoms with E-state index in [1.807, 2.05) is 11.7 Å². The van der Waals surface area contributed by atoms with Gasteiger partial charge in [-0.1, -0.05) is 25.1 Å². The van der Waals surface area contributed by atoms with Gasteiger partial charge >= 0.3 is 0 Å². The zero-order valence-electron chi connectivity index (χ0n) is 11.2. The third kappa shape index (κ3) is 1.93. The molecule has 1 aromatic carbocycles. The highest BCUT2D eigenvalue weighted by Gasteiger charge is 2.34. The zero-order valence-corrected chi connectivity index (χ0v) is 11.2. The number of fused-ring (bicyclic) bond motifs is 1. The molecule has 0 spiro atoms. The number of aryl methyl sites for hydroxylation is 1. The molecule has 2 unspecified atom stereocenters. The van der Waals surface area contributed by atoms with Crippen LogP contribution in [0.25, 0.3) is 10.9 Å². The molecule has 2 atom stereocenters. The van der Waals surface area contributed by atoms with Gasteiger partial charge in [0.2, 0.25) is 0 Å². The van der Waals surface area contributed by atoms with Crippen LogP contribution in [0.15, 0.2) is 24.3 Å². The molecule has 96 valence electrons. The van der Waals surface area contributed by atoms with Crippen molar-refractivity contribution in [2.75, 3.05) is 0 Å². The number of nitrogens with zero attached hydrogens (tertiary/aromatic N) is 2. The van der Waals surface area contributed by atoms with Crippen LogP contribution in [-0.4, -0.2) is 15.8 Å². The quantitative estimate of drug-likeness (QED) is 0.881. The number of hydrogen-bond donors (Lipinski definition) is 1. The Morgan fingerprint density at radius 1 is 1.44 bits per heavy atom. The summed E-state index contributed by atoms with van der Waals surface area (Å²) in [5, 5.41) is 5.99. The van der Waals surface area contributed by atoms with E-state index in [9.17, 15) is 0 Å². The van der Waals surface area contributed by atoms with Crippen LogP contribution in [0.2, 0.25) is 0 Å². The molecule has 0 saturated heterocycles. The highest BCUT2D eigenvalue weighted by atomic mass is 15.3. The normalized spacial score (nSPS) is 28.1. The summed E-state index contributed by atoms with van der Waals surface area (Å²) in [6.45, 7) is 2.35. The topological polar surface area (TPSA) is 43.8 Å². The number of rotatable bonds is 2. The molecule has 1 aliphatic carbocycles. The van der Waals surface area contributed by atoms with Crippen molar-refractivity contribution < 1.29 is 0 Å². The molecule has 1 heterocycles. The highest BCUT2D eigenvalue weighted by Crippen LogP contribution is 2.40. The lowest BCUT2D eigenvalue weighted by Crippen LogP contribution is -2.21. The first-order chi connectivity index (χ1) is 8.57. The predicted octanol–water partition coefficient (Wildman–Crippen LogP) is 2.63. The Labute approximate surface area is 108 Å². The third-order valence-corrected chi connectivity index (χ3v) is 4.30. The van der Waals surface area contributed by atoms with E-state index >= 15 is 0 Å². The van der Waals surface area contributed by atoms with Crippen molar-refractivity contribution in [3.63, 3.8) is 0 Å². The van der Waals surface area contributed by atoms with E-state index in [1.165, 1.54) is 23.0 Å². The lowest BCUT2D eigenvalue weighted by Gasteiger charge is -2.22. The van der Waals surface area contributed by atoms with Crippen molar-refractivity contribution in [3.8, 4) is 0 Å². The summed E-state index contributed by atoms with van der Waals surface area (Å²) in [5.41, 5.74) is 8.83. The summed E-state index contributed by atoms with van der Waals surface area (Å²) in [5.74, 6) is 0. The Morgan fingerprint density at radius 2 is 2.22 bits per heavy atom. The minimum atomic E-state index is 0.330. The number of benzene rings is 1. The molecule has 0 bridgehead atoms. The van der Waals surface area contributed by atoms with Crippen molar-refractivity contribution in [2.24, 2.45) is 18.2 Å². The number of aromatic nitrogens is 2. The summed E-state index contributed by atoms with van der Waals surface area (Å²) in [7, 11) is 2.02. The number of nitrogens with two attached hydrogens (primary N) is 1. The van der Waals surface area contributed by atoms with Gasteiger partial charge in [0.15, 0.2) is 0 Å². The second-order valence-electron chi connectivity index (χ2n) is 6.08. The van der Waals surface area contributed by atoms with Crippen LogP contribution >= 0.6 is 0 Å². The molecule has 3 heteroatoms. The molecular formula is C15H21N3. The molecule has 1 aromatic heterocycles. The zero-order chi connectivity index (χ0) is 12.8. The molecule has 2 aromatic rings. The van der Waals surface area contributed by atoms with E-state index in [0.717, 1.165) is 19.3 Å². The van der Waals surface area contributed by atoms with Crippen LogP contribution in [-0.2, 0) is 13.5 Å². The molecule has 0 amide bonds. The van der Waals surface area contributed by atoms with Crippen molar-refractivity contribution >= 4 is 10.9 Å². The molecule has 3 rings (SSSR count). The smallest absolute Gasteiger partial charge is 0.0708 e. The van der Waals surface area contributed by atoms with Gasteiger partial charge in [-0.15, -0.1) is 0 Å². The van der Waals surface area contributed by atoms with E-state index in [4.69, 9.17) is 10.8 Å². The first-order valence-electron chi connectivity index (χ1n) is 6.74. The van der Waals surface area contributed by atoms with Gasteiger partial charge < -0.3 is 5.73 Å². The van der Waals surface area contributed by atoms with Crippen LogP contribution in [0.4, 0.5) is 0 Å². The van der Waals surface area contributed by atoms with E-state index in [-0.39, 0.29) is 0 Å². The molecular weight excluding hydrogens is 222 g/mol. The summed E-state index contributed by atoms with van der Waals surface area (Å²) in [6.07, 6.45) is 4.54. The van der Waals surface area contributed by atoms with Gasteiger partial charge in [-0.3, -0.25) is 4.68 Å². The van der Waals surface area contributed by atoms with Crippen molar-refractivity contribution in [3.05, 3.63) is 30.0 Å². The van der Waals surface area contributed by atoms with Crippen LogP contribution in [0, 0.1) is 5.41 Å². The molecule has 0 radical (unpaired) electrons. The van der Waals surface area contributed by atoms with E-state index < -0.39 is 0 Å². The third-order valence-electron chi connectivity index (χ3n) is 4.30. The van der Waals surface area contributed by atoms with Crippen LogP contribution in [0.3, 0.4) is 0 Å². The van der Waals surface area contributed by atoms with E-state index in [1.54, 1.807) is 0 Å². The molecule has 18 heavy (non-hydrogen) atoms. The summed E-state index contributed by atoms with van der Waals surface area (Å²) < 4.78 is 1.99. The first-order valence-corrected chi connectivity index (χ1v) is 6.74. The molecule has 1 saturated carbocycles. The first kappa shape index (κ1) is 11.7. The largest absolute Gasteiger partial charge is 0.328 e. The van der Waals surface area contributed by atoms with Gasteiger partial charge in [-0.05, 0) is 37.2 Å². The van der Waals surface area contributed by atoms with Gasteiger partial charge in [0, 0.05) is 18.5 Å². The van der Waals surface area contributed by atoms with Gasteiger partial charge in [0.25, 0.3) is 0 Å². The molecule has 1 fully saturated rings. The van der Waals surface area contributed by atoms with Crippen LogP contribution in [0.5, 0.6) is 0 Å². The molecule has 1 aliphatic rings. The lowest BCUT2D eigenvalue weighted by atomic mass is 9.83. The Balaban J connectivity index is 1.96.